The number of amides is 2. The van der Waals surface area contributed by atoms with Crippen molar-refractivity contribution in [1.82, 2.24) is 9.88 Å². The zero-order valence-corrected chi connectivity index (χ0v) is 16.1. The Morgan fingerprint density at radius 3 is 2.71 bits per heavy atom. The van der Waals surface area contributed by atoms with Gasteiger partial charge in [0.1, 0.15) is 11.6 Å². The fourth-order valence-electron chi connectivity index (χ4n) is 2.49. The van der Waals surface area contributed by atoms with Crippen molar-refractivity contribution in [2.45, 2.75) is 13.5 Å². The maximum atomic E-state index is 14.1. The summed E-state index contributed by atoms with van der Waals surface area (Å²) in [6, 6.07) is 9.55. The summed E-state index contributed by atoms with van der Waals surface area (Å²) in [6.07, 6.45) is 4.50. The number of para-hydroxylation sites is 1. The molecule has 0 fully saturated rings. The number of anilines is 2. The van der Waals surface area contributed by atoms with E-state index in [1.165, 1.54) is 46.3 Å². The maximum absolute atomic E-state index is 14.1. The van der Waals surface area contributed by atoms with E-state index in [-0.39, 0.29) is 17.5 Å². The summed E-state index contributed by atoms with van der Waals surface area (Å²) < 4.78 is 19.3. The van der Waals surface area contributed by atoms with Crippen LogP contribution in [0.15, 0.2) is 58.5 Å². The summed E-state index contributed by atoms with van der Waals surface area (Å²) in [6.45, 7) is 1.69. The van der Waals surface area contributed by atoms with Crippen molar-refractivity contribution in [3.63, 3.8) is 0 Å². The number of hydrogen-bond donors (Lipinski definition) is 0. The van der Waals surface area contributed by atoms with E-state index < -0.39 is 5.82 Å². The van der Waals surface area contributed by atoms with Crippen LogP contribution in [0.4, 0.5) is 15.2 Å². The molecule has 0 bridgehead atoms. The van der Waals surface area contributed by atoms with E-state index in [0.29, 0.717) is 23.1 Å². The lowest BCUT2D eigenvalue weighted by atomic mass is 10.3. The number of thiazole rings is 1. The summed E-state index contributed by atoms with van der Waals surface area (Å²) in [5, 5.41) is 2.02. The van der Waals surface area contributed by atoms with Crippen molar-refractivity contribution in [3.8, 4) is 0 Å². The molecule has 0 saturated carbocycles. The molecule has 2 aromatic heterocycles. The Labute approximate surface area is 165 Å². The summed E-state index contributed by atoms with van der Waals surface area (Å²) >= 11 is 1.19. The molecule has 2 amide bonds. The largest absolute Gasteiger partial charge is 0.467 e. The first-order valence-electron chi connectivity index (χ1n) is 8.42. The number of carbonyl (C=O) groups is 2. The highest BCUT2D eigenvalue weighted by Crippen LogP contribution is 2.30. The molecule has 3 rings (SSSR count). The number of furan rings is 1. The van der Waals surface area contributed by atoms with Gasteiger partial charge >= 0.3 is 0 Å². The van der Waals surface area contributed by atoms with Crippen LogP contribution in [0.1, 0.15) is 18.4 Å². The van der Waals surface area contributed by atoms with E-state index in [1.807, 2.05) is 0 Å². The molecule has 0 N–H and O–H groups in total. The molecule has 0 saturated heterocycles. The van der Waals surface area contributed by atoms with Crippen LogP contribution in [0, 0.1) is 5.82 Å². The van der Waals surface area contributed by atoms with Crippen molar-refractivity contribution < 1.29 is 18.4 Å². The number of benzene rings is 1. The Morgan fingerprint density at radius 2 is 2.04 bits per heavy atom. The molecular formula is C20H18FN3O3S. The van der Waals surface area contributed by atoms with Crippen LogP contribution in [0.5, 0.6) is 0 Å². The van der Waals surface area contributed by atoms with Gasteiger partial charge in [-0.1, -0.05) is 12.1 Å². The van der Waals surface area contributed by atoms with Crippen LogP contribution < -0.4 is 4.90 Å². The van der Waals surface area contributed by atoms with Crippen molar-refractivity contribution in [1.29, 1.82) is 0 Å². The molecule has 0 unspecified atom stereocenters. The van der Waals surface area contributed by atoms with Crippen molar-refractivity contribution in [2.75, 3.05) is 11.9 Å². The van der Waals surface area contributed by atoms with E-state index >= 15 is 0 Å². The van der Waals surface area contributed by atoms with Gasteiger partial charge in [0.15, 0.2) is 5.13 Å². The third kappa shape index (κ3) is 4.52. The minimum absolute atomic E-state index is 0.133. The van der Waals surface area contributed by atoms with Gasteiger partial charge < -0.3 is 9.32 Å². The Hall–Kier alpha value is -3.26. The molecule has 8 heteroatoms. The molecule has 6 nitrogen and oxygen atoms in total. The number of likely N-dealkylation sites (N-methyl/N-ethyl adjacent to an activating group) is 1. The summed E-state index contributed by atoms with van der Waals surface area (Å²) in [7, 11) is 1.66. The van der Waals surface area contributed by atoms with Gasteiger partial charge in [0, 0.05) is 25.4 Å². The summed E-state index contributed by atoms with van der Waals surface area (Å²) in [4.78, 5) is 31.3. The third-order valence-corrected chi connectivity index (χ3v) is 4.70. The molecule has 0 radical (unpaired) electrons. The van der Waals surface area contributed by atoms with Gasteiger partial charge in [-0.15, -0.1) is 11.3 Å². The van der Waals surface area contributed by atoms with E-state index in [2.05, 4.69) is 4.98 Å². The lowest BCUT2D eigenvalue weighted by molar-refractivity contribution is -0.125. The van der Waals surface area contributed by atoms with Crippen molar-refractivity contribution >= 4 is 40.0 Å². The Balaban J connectivity index is 1.73. The predicted octanol–water partition coefficient (Wildman–Crippen LogP) is 4.23. The molecule has 3 aromatic rings. The monoisotopic (exact) mass is 399 g/mol. The van der Waals surface area contributed by atoms with Crippen LogP contribution in [0.2, 0.25) is 0 Å². The fraction of sp³-hybridized carbons (Fsp3) is 0.150. The molecule has 144 valence electrons. The second-order valence-corrected chi connectivity index (χ2v) is 6.80. The van der Waals surface area contributed by atoms with E-state index in [9.17, 15) is 14.0 Å². The number of nitrogens with zero attached hydrogens (tertiary/aromatic N) is 3. The maximum Gasteiger partial charge on any atom is 0.246 e. The minimum atomic E-state index is -0.514. The van der Waals surface area contributed by atoms with Gasteiger partial charge in [-0.05, 0) is 30.3 Å². The normalized spacial score (nSPS) is 11.0. The Kier molecular flexibility index (Phi) is 6.00. The van der Waals surface area contributed by atoms with Crippen molar-refractivity contribution in [3.05, 3.63) is 71.4 Å². The Morgan fingerprint density at radius 1 is 1.25 bits per heavy atom. The van der Waals surface area contributed by atoms with Crippen LogP contribution in [-0.2, 0) is 16.1 Å². The average molecular weight is 399 g/mol. The molecule has 0 aliphatic rings. The molecular weight excluding hydrogens is 381 g/mol. The second kappa shape index (κ2) is 8.62. The third-order valence-electron chi connectivity index (χ3n) is 3.86. The zero-order valence-electron chi connectivity index (χ0n) is 15.3. The van der Waals surface area contributed by atoms with Crippen LogP contribution in [0.25, 0.3) is 6.08 Å². The molecule has 0 aliphatic carbocycles. The molecule has 2 heterocycles. The Bertz CT molecular complexity index is 998. The average Bonchev–Trinajstić information content (AvgIpc) is 3.33. The minimum Gasteiger partial charge on any atom is -0.467 e. The topological polar surface area (TPSA) is 66.7 Å². The predicted molar refractivity (Wildman–Crippen MR) is 106 cm³/mol. The van der Waals surface area contributed by atoms with E-state index in [1.54, 1.807) is 49.0 Å². The fourth-order valence-corrected chi connectivity index (χ4v) is 3.34. The van der Waals surface area contributed by atoms with Gasteiger partial charge in [0.2, 0.25) is 11.8 Å². The number of carbonyl (C=O) groups excluding carboxylic acids is 2. The zero-order chi connectivity index (χ0) is 20.1. The lowest BCUT2D eigenvalue weighted by Gasteiger charge is -2.18. The number of halogens is 1. The lowest BCUT2D eigenvalue weighted by Crippen LogP contribution is -2.24. The van der Waals surface area contributed by atoms with Gasteiger partial charge in [-0.25, -0.2) is 9.37 Å². The quantitative estimate of drug-likeness (QED) is 0.582. The SMILES string of the molecule is CC(=O)N(c1nc(/C=C/C(=O)N(C)Cc2ccco2)cs1)c1ccccc1F. The first-order valence-corrected chi connectivity index (χ1v) is 9.30. The second-order valence-electron chi connectivity index (χ2n) is 5.97. The highest BCUT2D eigenvalue weighted by Gasteiger charge is 2.20. The van der Waals surface area contributed by atoms with Gasteiger partial charge in [0.25, 0.3) is 0 Å². The van der Waals surface area contributed by atoms with Gasteiger partial charge in [0.05, 0.1) is 24.2 Å². The number of hydrogen-bond acceptors (Lipinski definition) is 5. The molecule has 28 heavy (non-hydrogen) atoms. The number of aromatic nitrogens is 1. The molecule has 0 atom stereocenters. The van der Waals surface area contributed by atoms with Crippen LogP contribution in [0.3, 0.4) is 0 Å². The van der Waals surface area contributed by atoms with Gasteiger partial charge in [-0.2, -0.15) is 0 Å². The van der Waals surface area contributed by atoms with Crippen LogP contribution in [-0.4, -0.2) is 28.7 Å². The first-order chi connectivity index (χ1) is 13.5. The number of rotatable bonds is 6. The molecule has 0 aliphatic heterocycles. The van der Waals surface area contributed by atoms with Crippen molar-refractivity contribution in [2.24, 2.45) is 0 Å². The summed E-state index contributed by atoms with van der Waals surface area (Å²) in [5.41, 5.74) is 0.636. The smallest absolute Gasteiger partial charge is 0.246 e. The summed E-state index contributed by atoms with van der Waals surface area (Å²) in [5.74, 6) is -0.408. The highest BCUT2D eigenvalue weighted by atomic mass is 32.1. The van der Waals surface area contributed by atoms with E-state index in [0.717, 1.165) is 0 Å². The van der Waals surface area contributed by atoms with E-state index in [4.69, 9.17) is 4.42 Å². The molecule has 1 aromatic carbocycles. The first kappa shape index (κ1) is 19.5. The van der Waals surface area contributed by atoms with Crippen LogP contribution >= 0.6 is 11.3 Å². The molecule has 0 spiro atoms. The highest BCUT2D eigenvalue weighted by molar-refractivity contribution is 7.14. The van der Waals surface area contributed by atoms with Gasteiger partial charge in [-0.3, -0.25) is 14.5 Å². The standard InChI is InChI=1S/C20H18FN3O3S/c1-14(25)24(18-8-4-3-7-17(18)21)20-22-15(13-28-20)9-10-19(26)23(2)12-16-6-5-11-27-16/h3-11,13H,12H2,1-2H3/b10-9+.